The number of hydrogen-bond acceptors (Lipinski definition) is 4. The molecule has 112 valence electrons. The van der Waals surface area contributed by atoms with E-state index in [1.165, 1.54) is 4.88 Å². The highest BCUT2D eigenvalue weighted by Crippen LogP contribution is 2.34. The minimum absolute atomic E-state index is 0.117. The van der Waals surface area contributed by atoms with Crippen LogP contribution in [0.15, 0.2) is 17.5 Å². The average molecular weight is 296 g/mol. The van der Waals surface area contributed by atoms with Crippen LogP contribution in [0, 0.1) is 5.41 Å². The van der Waals surface area contributed by atoms with Crippen LogP contribution in [0.3, 0.4) is 0 Å². The number of piperidine rings is 1. The first kappa shape index (κ1) is 15.5. The summed E-state index contributed by atoms with van der Waals surface area (Å²) in [5, 5.41) is 5.38. The van der Waals surface area contributed by atoms with Crippen LogP contribution in [0.1, 0.15) is 30.7 Å². The predicted octanol–water partition coefficient (Wildman–Crippen LogP) is 2.28. The summed E-state index contributed by atoms with van der Waals surface area (Å²) >= 11 is 1.70. The van der Waals surface area contributed by atoms with Crippen molar-refractivity contribution in [1.82, 2.24) is 10.2 Å². The van der Waals surface area contributed by atoms with Gasteiger partial charge in [-0.05, 0) is 44.3 Å². The maximum Gasteiger partial charge on any atom is 0.231 e. The molecule has 0 spiro atoms. The van der Waals surface area contributed by atoms with E-state index in [9.17, 15) is 4.79 Å². The standard InChI is InChI=1S/C15H24N2O2S/c1-12(13-5-4-10-20-13)17(2)14(18)15(11-19-3)6-8-16-9-7-15/h4-5,10,12,16H,6-9,11H2,1-3H3. The molecule has 1 amide bonds. The largest absolute Gasteiger partial charge is 0.384 e. The fourth-order valence-corrected chi connectivity index (χ4v) is 3.70. The highest BCUT2D eigenvalue weighted by atomic mass is 32.1. The first-order valence-electron chi connectivity index (χ1n) is 7.11. The number of carbonyl (C=O) groups is 1. The van der Waals surface area contributed by atoms with Gasteiger partial charge in [0, 0.05) is 19.0 Å². The van der Waals surface area contributed by atoms with Gasteiger partial charge < -0.3 is 15.0 Å². The van der Waals surface area contributed by atoms with Crippen LogP contribution in [0.2, 0.25) is 0 Å². The van der Waals surface area contributed by atoms with E-state index in [2.05, 4.69) is 23.7 Å². The fraction of sp³-hybridized carbons (Fsp3) is 0.667. The molecule has 4 nitrogen and oxygen atoms in total. The van der Waals surface area contributed by atoms with E-state index in [1.54, 1.807) is 18.4 Å². The zero-order chi connectivity index (χ0) is 14.6. The van der Waals surface area contributed by atoms with Gasteiger partial charge in [0.1, 0.15) is 0 Å². The summed E-state index contributed by atoms with van der Waals surface area (Å²) in [6.45, 7) is 4.37. The average Bonchev–Trinajstić information content (AvgIpc) is 3.00. The lowest BCUT2D eigenvalue weighted by Crippen LogP contribution is -2.51. The summed E-state index contributed by atoms with van der Waals surface area (Å²) in [6.07, 6.45) is 1.70. The zero-order valence-corrected chi connectivity index (χ0v) is 13.3. The topological polar surface area (TPSA) is 41.6 Å². The molecule has 2 rings (SSSR count). The molecule has 1 aromatic heterocycles. The number of amides is 1. The van der Waals surface area contributed by atoms with Crippen LogP contribution < -0.4 is 5.32 Å². The minimum atomic E-state index is -0.361. The molecule has 0 aliphatic carbocycles. The quantitative estimate of drug-likeness (QED) is 0.906. The Balaban J connectivity index is 2.14. The molecule has 1 atom stereocenters. The molecule has 20 heavy (non-hydrogen) atoms. The lowest BCUT2D eigenvalue weighted by Gasteiger charge is -2.40. The monoisotopic (exact) mass is 296 g/mol. The molecule has 0 aromatic carbocycles. The predicted molar refractivity (Wildman–Crippen MR) is 81.9 cm³/mol. The van der Waals surface area contributed by atoms with Crippen molar-refractivity contribution in [2.24, 2.45) is 5.41 Å². The molecule has 1 unspecified atom stereocenters. The summed E-state index contributed by atoms with van der Waals surface area (Å²) in [7, 11) is 3.59. The molecule has 1 saturated heterocycles. The maximum atomic E-state index is 13.0. The first-order chi connectivity index (χ1) is 9.60. The van der Waals surface area contributed by atoms with Gasteiger partial charge in [-0.15, -0.1) is 11.3 Å². The Kier molecular flexibility index (Phi) is 5.18. The summed E-state index contributed by atoms with van der Waals surface area (Å²) in [5.41, 5.74) is -0.361. The third kappa shape index (κ3) is 3.05. The number of nitrogens with one attached hydrogen (secondary N) is 1. The van der Waals surface area contributed by atoms with Crippen molar-refractivity contribution in [3.63, 3.8) is 0 Å². The normalized spacial score (nSPS) is 19.6. The molecular formula is C15H24N2O2S. The Morgan fingerprint density at radius 2 is 2.25 bits per heavy atom. The third-order valence-corrected chi connectivity index (χ3v) is 5.33. The third-order valence-electron chi connectivity index (χ3n) is 4.29. The summed E-state index contributed by atoms with van der Waals surface area (Å²) < 4.78 is 5.35. The zero-order valence-electron chi connectivity index (χ0n) is 12.5. The second-order valence-electron chi connectivity index (χ2n) is 5.57. The van der Waals surface area contributed by atoms with Crippen LogP contribution in [-0.4, -0.2) is 44.7 Å². The second-order valence-corrected chi connectivity index (χ2v) is 6.55. The van der Waals surface area contributed by atoms with Gasteiger partial charge in [-0.1, -0.05) is 6.07 Å². The van der Waals surface area contributed by atoms with Crippen molar-refractivity contribution < 1.29 is 9.53 Å². The van der Waals surface area contributed by atoms with Gasteiger partial charge in [-0.3, -0.25) is 4.79 Å². The van der Waals surface area contributed by atoms with E-state index >= 15 is 0 Å². The van der Waals surface area contributed by atoms with Crippen LogP contribution in [0.25, 0.3) is 0 Å². The Labute approximate surface area is 125 Å². The number of hydrogen-bond donors (Lipinski definition) is 1. The Hall–Kier alpha value is -0.910. The Morgan fingerprint density at radius 1 is 1.55 bits per heavy atom. The lowest BCUT2D eigenvalue weighted by molar-refractivity contribution is -0.148. The molecule has 1 aromatic rings. The fourth-order valence-electron chi connectivity index (χ4n) is 2.87. The highest BCUT2D eigenvalue weighted by molar-refractivity contribution is 7.10. The SMILES string of the molecule is COCC1(C(=O)N(C)C(C)c2cccs2)CCNCC1. The molecule has 0 saturated carbocycles. The number of thiophene rings is 1. The molecule has 5 heteroatoms. The minimum Gasteiger partial charge on any atom is -0.384 e. The van der Waals surface area contributed by atoms with Gasteiger partial charge >= 0.3 is 0 Å². The van der Waals surface area contributed by atoms with Crippen molar-refractivity contribution in [3.05, 3.63) is 22.4 Å². The van der Waals surface area contributed by atoms with E-state index in [-0.39, 0.29) is 17.4 Å². The number of ether oxygens (including phenoxy) is 1. The molecule has 0 radical (unpaired) electrons. The van der Waals surface area contributed by atoms with Gasteiger partial charge in [0.15, 0.2) is 0 Å². The maximum absolute atomic E-state index is 13.0. The number of carbonyl (C=O) groups excluding carboxylic acids is 1. The van der Waals surface area contributed by atoms with Crippen molar-refractivity contribution in [2.75, 3.05) is 33.9 Å². The van der Waals surface area contributed by atoms with Crippen LogP contribution in [0.4, 0.5) is 0 Å². The molecule has 1 aliphatic rings. The Bertz CT molecular complexity index is 422. The van der Waals surface area contributed by atoms with Crippen molar-refractivity contribution in [1.29, 1.82) is 0 Å². The van der Waals surface area contributed by atoms with E-state index in [1.807, 2.05) is 18.0 Å². The molecule has 1 aliphatic heterocycles. The highest BCUT2D eigenvalue weighted by Gasteiger charge is 2.42. The lowest BCUT2D eigenvalue weighted by atomic mass is 9.78. The van der Waals surface area contributed by atoms with Gasteiger partial charge in [0.05, 0.1) is 18.1 Å². The van der Waals surface area contributed by atoms with E-state index in [0.717, 1.165) is 25.9 Å². The van der Waals surface area contributed by atoms with Crippen molar-refractivity contribution >= 4 is 17.2 Å². The summed E-state index contributed by atoms with van der Waals surface area (Å²) in [6, 6.07) is 4.24. The van der Waals surface area contributed by atoms with Crippen molar-refractivity contribution in [3.8, 4) is 0 Å². The molecule has 0 bridgehead atoms. The van der Waals surface area contributed by atoms with Gasteiger partial charge in [0.2, 0.25) is 5.91 Å². The smallest absolute Gasteiger partial charge is 0.231 e. The van der Waals surface area contributed by atoms with Gasteiger partial charge in [-0.2, -0.15) is 0 Å². The van der Waals surface area contributed by atoms with E-state index in [4.69, 9.17) is 4.74 Å². The molecule has 1 fully saturated rings. The number of nitrogens with zero attached hydrogens (tertiary/aromatic N) is 1. The molecule has 2 heterocycles. The van der Waals surface area contributed by atoms with Crippen molar-refractivity contribution in [2.45, 2.75) is 25.8 Å². The van der Waals surface area contributed by atoms with Gasteiger partial charge in [0.25, 0.3) is 0 Å². The first-order valence-corrected chi connectivity index (χ1v) is 7.99. The van der Waals surface area contributed by atoms with Crippen LogP contribution in [0.5, 0.6) is 0 Å². The van der Waals surface area contributed by atoms with E-state index < -0.39 is 0 Å². The van der Waals surface area contributed by atoms with Gasteiger partial charge in [-0.25, -0.2) is 0 Å². The molecule has 1 N–H and O–H groups in total. The summed E-state index contributed by atoms with van der Waals surface area (Å²) in [4.78, 5) is 16.1. The number of rotatable bonds is 5. The van der Waals surface area contributed by atoms with Crippen LogP contribution >= 0.6 is 11.3 Å². The second kappa shape index (κ2) is 6.70. The Morgan fingerprint density at radius 3 is 2.80 bits per heavy atom. The van der Waals surface area contributed by atoms with E-state index in [0.29, 0.717) is 6.61 Å². The summed E-state index contributed by atoms with van der Waals surface area (Å²) in [5.74, 6) is 0.210. The number of methoxy groups -OCH3 is 1. The molecular weight excluding hydrogens is 272 g/mol. The van der Waals surface area contributed by atoms with Crippen LogP contribution in [-0.2, 0) is 9.53 Å².